The van der Waals surface area contributed by atoms with Crippen LogP contribution in [0.3, 0.4) is 0 Å². The molecule has 1 amide bonds. The van der Waals surface area contributed by atoms with Gasteiger partial charge in [-0.25, -0.2) is 5.43 Å². The monoisotopic (exact) mass is 357 g/mol. The number of halogens is 1. The fraction of sp³-hybridized carbons (Fsp3) is 0.0625. The number of nitro groups is 1. The molecule has 0 saturated carbocycles. The predicted octanol–water partition coefficient (Wildman–Crippen LogP) is 2.15. The number of rotatable bonds is 3. The van der Waals surface area contributed by atoms with Gasteiger partial charge in [0.2, 0.25) is 5.54 Å². The summed E-state index contributed by atoms with van der Waals surface area (Å²) in [7, 11) is 0. The Morgan fingerprint density at radius 1 is 1.12 bits per heavy atom. The summed E-state index contributed by atoms with van der Waals surface area (Å²) in [5, 5.41) is 18.0. The van der Waals surface area contributed by atoms with Gasteiger partial charge in [0.15, 0.2) is 5.82 Å². The average Bonchev–Trinajstić information content (AvgIpc) is 3.10. The van der Waals surface area contributed by atoms with Gasteiger partial charge in [-0.2, -0.15) is 0 Å². The second-order valence-electron chi connectivity index (χ2n) is 5.61. The van der Waals surface area contributed by atoms with Crippen LogP contribution in [0.15, 0.2) is 60.0 Å². The molecule has 1 unspecified atom stereocenters. The van der Waals surface area contributed by atoms with E-state index in [0.29, 0.717) is 22.0 Å². The predicted molar refractivity (Wildman–Crippen MR) is 92.1 cm³/mol. The van der Waals surface area contributed by atoms with Gasteiger partial charge in [0.25, 0.3) is 5.91 Å². The summed E-state index contributed by atoms with van der Waals surface area (Å²) >= 11 is 5.85. The minimum absolute atomic E-state index is 0.0965. The van der Waals surface area contributed by atoms with Crippen molar-refractivity contribution >= 4 is 28.9 Å². The zero-order valence-electron chi connectivity index (χ0n) is 12.7. The van der Waals surface area contributed by atoms with Gasteiger partial charge < -0.3 is 10.6 Å². The zero-order chi connectivity index (χ0) is 17.6. The molecule has 0 aliphatic carbocycles. The first-order chi connectivity index (χ1) is 12.0. The first-order valence-corrected chi connectivity index (χ1v) is 7.76. The Morgan fingerprint density at radius 2 is 1.84 bits per heavy atom. The van der Waals surface area contributed by atoms with E-state index in [1.807, 2.05) is 0 Å². The zero-order valence-corrected chi connectivity index (χ0v) is 13.4. The number of amides is 1. The summed E-state index contributed by atoms with van der Waals surface area (Å²) in [5.41, 5.74) is 5.24. The Bertz CT molecular complexity index is 928. The normalized spacial score (nSPS) is 21.1. The number of fused-ring (bicyclic) bond motifs is 2. The van der Waals surface area contributed by atoms with E-state index in [2.05, 4.69) is 21.5 Å². The number of nitrogens with one attached hydrogen (secondary N) is 4. The van der Waals surface area contributed by atoms with Crippen LogP contribution in [0.25, 0.3) is 0 Å². The lowest BCUT2D eigenvalue weighted by Gasteiger charge is -2.18. The van der Waals surface area contributed by atoms with E-state index in [9.17, 15) is 14.9 Å². The van der Waals surface area contributed by atoms with E-state index in [1.54, 1.807) is 48.5 Å². The van der Waals surface area contributed by atoms with Crippen molar-refractivity contribution in [3.63, 3.8) is 0 Å². The summed E-state index contributed by atoms with van der Waals surface area (Å²) in [4.78, 5) is 23.9. The Labute approximate surface area is 147 Å². The standard InChI is InChI=1S/C16H12ClN5O3/c17-9-5-7-10(8-6-9)18-14-13(22(24)25)16(21-20-14)11-3-1-2-4-12(11)19-15(16)23/h1-8,18,20-21H,(H,19,23). The summed E-state index contributed by atoms with van der Waals surface area (Å²) in [6.07, 6.45) is 0. The fourth-order valence-electron chi connectivity index (χ4n) is 3.08. The minimum Gasteiger partial charge on any atom is -0.335 e. The molecule has 9 heteroatoms. The smallest absolute Gasteiger partial charge is 0.323 e. The van der Waals surface area contributed by atoms with Gasteiger partial charge >= 0.3 is 5.70 Å². The third-order valence-corrected chi connectivity index (χ3v) is 4.43. The van der Waals surface area contributed by atoms with Crippen LogP contribution in [-0.4, -0.2) is 10.8 Å². The average molecular weight is 358 g/mol. The fourth-order valence-corrected chi connectivity index (χ4v) is 3.20. The first-order valence-electron chi connectivity index (χ1n) is 7.38. The quantitative estimate of drug-likeness (QED) is 0.495. The molecule has 2 aromatic carbocycles. The van der Waals surface area contributed by atoms with Crippen LogP contribution in [0.4, 0.5) is 11.4 Å². The number of hydrogen-bond acceptors (Lipinski definition) is 6. The van der Waals surface area contributed by atoms with Gasteiger partial charge in [0.05, 0.1) is 4.92 Å². The number of carbonyl (C=O) groups excluding carboxylic acids is 1. The van der Waals surface area contributed by atoms with Crippen LogP contribution in [0.2, 0.25) is 5.02 Å². The van der Waals surface area contributed by atoms with Crippen LogP contribution in [0, 0.1) is 10.1 Å². The van der Waals surface area contributed by atoms with E-state index >= 15 is 0 Å². The van der Waals surface area contributed by atoms with Crippen LogP contribution in [0.5, 0.6) is 0 Å². The Morgan fingerprint density at radius 3 is 2.56 bits per heavy atom. The number of hydrogen-bond donors (Lipinski definition) is 4. The third kappa shape index (κ3) is 2.23. The first kappa shape index (κ1) is 15.4. The maximum absolute atomic E-state index is 12.6. The van der Waals surface area contributed by atoms with Crippen LogP contribution in [-0.2, 0) is 10.3 Å². The van der Waals surface area contributed by atoms with Gasteiger partial charge in [-0.05, 0) is 30.3 Å². The molecule has 2 aliphatic rings. The topological polar surface area (TPSA) is 108 Å². The maximum atomic E-state index is 12.6. The molecule has 4 N–H and O–H groups in total. The molecule has 0 fully saturated rings. The summed E-state index contributed by atoms with van der Waals surface area (Å²) in [6, 6.07) is 13.5. The molecule has 8 nitrogen and oxygen atoms in total. The summed E-state index contributed by atoms with van der Waals surface area (Å²) in [5.74, 6) is -0.417. The highest BCUT2D eigenvalue weighted by molar-refractivity contribution is 6.30. The van der Waals surface area contributed by atoms with E-state index in [-0.39, 0.29) is 11.5 Å². The van der Waals surface area contributed by atoms with Gasteiger partial charge in [-0.1, -0.05) is 29.8 Å². The van der Waals surface area contributed by atoms with Crippen molar-refractivity contribution in [2.45, 2.75) is 5.54 Å². The SMILES string of the molecule is O=C1Nc2ccccc2C12NNC(Nc1ccc(Cl)cc1)=C2[N+](=O)[O-]. The second-order valence-corrected chi connectivity index (χ2v) is 6.05. The lowest BCUT2D eigenvalue weighted by Crippen LogP contribution is -2.50. The van der Waals surface area contributed by atoms with Crippen LogP contribution in [0.1, 0.15) is 5.56 Å². The van der Waals surface area contributed by atoms with Crippen molar-refractivity contribution in [2.75, 3.05) is 10.6 Å². The Balaban J connectivity index is 1.83. The molecule has 0 bridgehead atoms. The van der Waals surface area contributed by atoms with Crippen molar-refractivity contribution in [3.05, 3.63) is 80.7 Å². The van der Waals surface area contributed by atoms with Crippen LogP contribution < -0.4 is 21.5 Å². The highest BCUT2D eigenvalue weighted by atomic mass is 35.5. The van der Waals surface area contributed by atoms with Gasteiger partial charge in [0, 0.05) is 22.0 Å². The van der Waals surface area contributed by atoms with Crippen molar-refractivity contribution in [1.29, 1.82) is 0 Å². The number of carbonyl (C=O) groups is 1. The van der Waals surface area contributed by atoms with E-state index < -0.39 is 16.4 Å². The molecule has 0 saturated heterocycles. The highest BCUT2D eigenvalue weighted by Crippen LogP contribution is 2.43. The van der Waals surface area contributed by atoms with E-state index in [4.69, 9.17) is 11.6 Å². The number of hydrazine groups is 1. The molecule has 2 heterocycles. The highest BCUT2D eigenvalue weighted by Gasteiger charge is 2.61. The van der Waals surface area contributed by atoms with E-state index in [1.165, 1.54) is 0 Å². The number of para-hydroxylation sites is 1. The summed E-state index contributed by atoms with van der Waals surface area (Å²) in [6.45, 7) is 0. The Kier molecular flexibility index (Phi) is 3.38. The number of benzene rings is 2. The van der Waals surface area contributed by atoms with Crippen molar-refractivity contribution < 1.29 is 9.72 Å². The second kappa shape index (κ2) is 5.47. The van der Waals surface area contributed by atoms with Gasteiger partial charge in [0.1, 0.15) is 0 Å². The minimum atomic E-state index is -1.60. The van der Waals surface area contributed by atoms with E-state index in [0.717, 1.165) is 0 Å². The molecule has 25 heavy (non-hydrogen) atoms. The number of nitrogens with zero attached hydrogens (tertiary/aromatic N) is 1. The van der Waals surface area contributed by atoms with Gasteiger partial charge in [-0.15, -0.1) is 0 Å². The molecule has 0 radical (unpaired) electrons. The van der Waals surface area contributed by atoms with Crippen molar-refractivity contribution in [3.8, 4) is 0 Å². The molecule has 126 valence electrons. The largest absolute Gasteiger partial charge is 0.335 e. The van der Waals surface area contributed by atoms with Crippen molar-refractivity contribution in [2.24, 2.45) is 0 Å². The maximum Gasteiger partial charge on any atom is 0.323 e. The summed E-state index contributed by atoms with van der Waals surface area (Å²) < 4.78 is 0. The third-order valence-electron chi connectivity index (χ3n) is 4.18. The lowest BCUT2D eigenvalue weighted by molar-refractivity contribution is -0.434. The molecular formula is C16H12ClN5O3. The molecule has 2 aromatic rings. The molecule has 4 rings (SSSR count). The molecule has 2 aliphatic heterocycles. The molecule has 1 spiro atoms. The lowest BCUT2D eigenvalue weighted by atomic mass is 9.89. The number of anilines is 2. The molecular weight excluding hydrogens is 346 g/mol. The molecule has 1 atom stereocenters. The molecule has 0 aromatic heterocycles. The van der Waals surface area contributed by atoms with Crippen LogP contribution >= 0.6 is 11.6 Å². The van der Waals surface area contributed by atoms with Crippen molar-refractivity contribution in [1.82, 2.24) is 10.9 Å². The van der Waals surface area contributed by atoms with Gasteiger partial charge in [-0.3, -0.25) is 20.3 Å². The Hall–Kier alpha value is -3.10.